The number of hydrogen-bond acceptors (Lipinski definition) is 2. The molecule has 1 aromatic rings. The van der Waals surface area contributed by atoms with Crippen molar-refractivity contribution in [2.24, 2.45) is 0 Å². The van der Waals surface area contributed by atoms with E-state index in [0.29, 0.717) is 11.6 Å². The van der Waals surface area contributed by atoms with E-state index in [1.165, 1.54) is 0 Å². The molecule has 0 spiro atoms. The fraction of sp³-hybridized carbons (Fsp3) is 0.417. The third kappa shape index (κ3) is 2.97. The zero-order chi connectivity index (χ0) is 11.4. The Labute approximate surface area is 100 Å². The molecule has 2 N–H and O–H groups in total. The minimum absolute atomic E-state index is 0.0146. The van der Waals surface area contributed by atoms with Gasteiger partial charge in [0.05, 0.1) is 6.04 Å². The van der Waals surface area contributed by atoms with Crippen LogP contribution in [0.15, 0.2) is 24.3 Å². The van der Waals surface area contributed by atoms with Gasteiger partial charge in [-0.25, -0.2) is 0 Å². The van der Waals surface area contributed by atoms with E-state index in [2.05, 4.69) is 10.6 Å². The van der Waals surface area contributed by atoms with Gasteiger partial charge >= 0.3 is 0 Å². The number of rotatable bonds is 3. The molecule has 4 heteroatoms. The molecule has 1 heterocycles. The topological polar surface area (TPSA) is 41.1 Å². The average molecular weight is 239 g/mol. The molecule has 16 heavy (non-hydrogen) atoms. The van der Waals surface area contributed by atoms with E-state index in [4.69, 9.17) is 11.6 Å². The zero-order valence-electron chi connectivity index (χ0n) is 9.00. The fourth-order valence-corrected chi connectivity index (χ4v) is 2.08. The van der Waals surface area contributed by atoms with Crippen molar-refractivity contribution in [2.75, 3.05) is 6.54 Å². The summed E-state index contributed by atoms with van der Waals surface area (Å²) < 4.78 is 0. The maximum atomic E-state index is 11.7. The van der Waals surface area contributed by atoms with Crippen LogP contribution in [-0.2, 0) is 11.3 Å². The second-order valence-corrected chi connectivity index (χ2v) is 4.43. The van der Waals surface area contributed by atoms with Crippen LogP contribution in [0.1, 0.15) is 18.4 Å². The first-order valence-corrected chi connectivity index (χ1v) is 5.89. The number of hydrogen-bond donors (Lipinski definition) is 2. The molecule has 1 aliphatic heterocycles. The van der Waals surface area contributed by atoms with Crippen LogP contribution in [0.4, 0.5) is 0 Å². The molecule has 0 aliphatic carbocycles. The second kappa shape index (κ2) is 5.32. The summed E-state index contributed by atoms with van der Waals surface area (Å²) in [6, 6.07) is 7.51. The lowest BCUT2D eigenvalue weighted by Crippen LogP contribution is -2.39. The number of nitrogens with one attached hydrogen (secondary N) is 2. The van der Waals surface area contributed by atoms with Crippen molar-refractivity contribution in [1.29, 1.82) is 0 Å². The molecule has 1 atom stereocenters. The third-order valence-electron chi connectivity index (χ3n) is 2.73. The Morgan fingerprint density at radius 1 is 1.56 bits per heavy atom. The average Bonchev–Trinajstić information content (AvgIpc) is 2.79. The Morgan fingerprint density at radius 2 is 2.44 bits per heavy atom. The van der Waals surface area contributed by atoms with Crippen molar-refractivity contribution < 1.29 is 4.79 Å². The van der Waals surface area contributed by atoms with E-state index < -0.39 is 0 Å². The van der Waals surface area contributed by atoms with Crippen molar-refractivity contribution >= 4 is 17.5 Å². The SMILES string of the molecule is O=C(NCc1cccc(Cl)c1)C1CCCN1. The Balaban J connectivity index is 1.84. The maximum absolute atomic E-state index is 11.7. The molecule has 1 saturated heterocycles. The molecule has 3 nitrogen and oxygen atoms in total. The molecule has 0 saturated carbocycles. The highest BCUT2D eigenvalue weighted by atomic mass is 35.5. The van der Waals surface area contributed by atoms with E-state index in [0.717, 1.165) is 24.9 Å². The summed E-state index contributed by atoms with van der Waals surface area (Å²) in [6.45, 7) is 1.48. The second-order valence-electron chi connectivity index (χ2n) is 4.00. The highest BCUT2D eigenvalue weighted by molar-refractivity contribution is 6.30. The number of carbonyl (C=O) groups excluding carboxylic acids is 1. The first kappa shape index (κ1) is 11.4. The molecule has 1 aromatic carbocycles. The summed E-state index contributed by atoms with van der Waals surface area (Å²) >= 11 is 5.86. The van der Waals surface area contributed by atoms with Gasteiger partial charge in [-0.3, -0.25) is 4.79 Å². The number of amides is 1. The Kier molecular flexibility index (Phi) is 3.80. The highest BCUT2D eigenvalue weighted by Crippen LogP contribution is 2.10. The summed E-state index contributed by atoms with van der Waals surface area (Å²) in [7, 11) is 0. The minimum Gasteiger partial charge on any atom is -0.351 e. The van der Waals surface area contributed by atoms with Crippen LogP contribution in [-0.4, -0.2) is 18.5 Å². The first-order chi connectivity index (χ1) is 7.75. The first-order valence-electron chi connectivity index (χ1n) is 5.51. The monoisotopic (exact) mass is 238 g/mol. The number of halogens is 1. The van der Waals surface area contributed by atoms with Crippen LogP contribution < -0.4 is 10.6 Å². The van der Waals surface area contributed by atoms with Gasteiger partial charge in [-0.15, -0.1) is 0 Å². The lowest BCUT2D eigenvalue weighted by molar-refractivity contribution is -0.122. The van der Waals surface area contributed by atoms with Gasteiger partial charge in [-0.05, 0) is 37.1 Å². The highest BCUT2D eigenvalue weighted by Gasteiger charge is 2.21. The Bertz CT molecular complexity index is 375. The van der Waals surface area contributed by atoms with Crippen molar-refractivity contribution in [1.82, 2.24) is 10.6 Å². The van der Waals surface area contributed by atoms with Crippen molar-refractivity contribution in [3.63, 3.8) is 0 Å². The molecular weight excluding hydrogens is 224 g/mol. The smallest absolute Gasteiger partial charge is 0.237 e. The van der Waals surface area contributed by atoms with Gasteiger partial charge in [-0.1, -0.05) is 23.7 Å². The largest absolute Gasteiger partial charge is 0.351 e. The molecule has 1 aliphatic rings. The van der Waals surface area contributed by atoms with Gasteiger partial charge in [0, 0.05) is 11.6 Å². The van der Waals surface area contributed by atoms with Crippen molar-refractivity contribution in [2.45, 2.75) is 25.4 Å². The van der Waals surface area contributed by atoms with Gasteiger partial charge in [0.15, 0.2) is 0 Å². The molecule has 1 fully saturated rings. The predicted octanol–water partition coefficient (Wildman–Crippen LogP) is 1.71. The zero-order valence-corrected chi connectivity index (χ0v) is 9.76. The van der Waals surface area contributed by atoms with Crippen LogP contribution >= 0.6 is 11.6 Å². The van der Waals surface area contributed by atoms with Gasteiger partial charge in [0.2, 0.25) is 5.91 Å². The summed E-state index contributed by atoms with van der Waals surface area (Å²) in [5, 5.41) is 6.77. The number of benzene rings is 1. The summed E-state index contributed by atoms with van der Waals surface area (Å²) in [5.41, 5.74) is 1.03. The molecule has 0 aromatic heterocycles. The molecule has 0 radical (unpaired) electrons. The molecule has 1 amide bonds. The van der Waals surface area contributed by atoms with Gasteiger partial charge < -0.3 is 10.6 Å². The maximum Gasteiger partial charge on any atom is 0.237 e. The van der Waals surface area contributed by atoms with E-state index in [1.807, 2.05) is 24.3 Å². The molecule has 2 rings (SSSR count). The number of carbonyl (C=O) groups is 1. The summed E-state index contributed by atoms with van der Waals surface area (Å²) in [6.07, 6.45) is 2.01. The van der Waals surface area contributed by atoms with Crippen molar-refractivity contribution in [3.8, 4) is 0 Å². The van der Waals surface area contributed by atoms with Gasteiger partial charge in [-0.2, -0.15) is 0 Å². The molecular formula is C12H15ClN2O. The third-order valence-corrected chi connectivity index (χ3v) is 2.97. The summed E-state index contributed by atoms with van der Waals surface area (Å²) in [5.74, 6) is 0.0810. The van der Waals surface area contributed by atoms with Crippen LogP contribution in [0.3, 0.4) is 0 Å². The van der Waals surface area contributed by atoms with E-state index >= 15 is 0 Å². The van der Waals surface area contributed by atoms with Crippen molar-refractivity contribution in [3.05, 3.63) is 34.9 Å². The normalized spacial score (nSPS) is 19.7. The van der Waals surface area contributed by atoms with Crippen LogP contribution in [0, 0.1) is 0 Å². The lowest BCUT2D eigenvalue weighted by atomic mass is 10.2. The standard InChI is InChI=1S/C12H15ClN2O/c13-10-4-1-3-9(7-10)8-15-12(16)11-5-2-6-14-11/h1,3-4,7,11,14H,2,5-6,8H2,(H,15,16). The van der Waals surface area contributed by atoms with E-state index in [9.17, 15) is 4.79 Å². The van der Waals surface area contributed by atoms with Crippen LogP contribution in [0.5, 0.6) is 0 Å². The Morgan fingerprint density at radius 3 is 3.12 bits per heavy atom. The quantitative estimate of drug-likeness (QED) is 0.842. The lowest BCUT2D eigenvalue weighted by Gasteiger charge is -2.11. The van der Waals surface area contributed by atoms with Gasteiger partial charge in [0.25, 0.3) is 0 Å². The van der Waals surface area contributed by atoms with Gasteiger partial charge in [0.1, 0.15) is 0 Å². The van der Waals surface area contributed by atoms with E-state index in [-0.39, 0.29) is 11.9 Å². The predicted molar refractivity (Wildman–Crippen MR) is 64.3 cm³/mol. The minimum atomic E-state index is -0.0146. The fourth-order valence-electron chi connectivity index (χ4n) is 1.87. The Hall–Kier alpha value is -1.06. The van der Waals surface area contributed by atoms with Crippen LogP contribution in [0.25, 0.3) is 0 Å². The summed E-state index contributed by atoms with van der Waals surface area (Å²) in [4.78, 5) is 11.7. The molecule has 1 unspecified atom stereocenters. The van der Waals surface area contributed by atoms with Crippen LogP contribution in [0.2, 0.25) is 5.02 Å². The van der Waals surface area contributed by atoms with E-state index in [1.54, 1.807) is 0 Å². The molecule has 0 bridgehead atoms. The molecule has 86 valence electrons.